The van der Waals surface area contributed by atoms with Gasteiger partial charge in [0.25, 0.3) is 0 Å². The van der Waals surface area contributed by atoms with Crippen LogP contribution in [0.15, 0.2) is 36.7 Å². The zero-order valence-electron chi connectivity index (χ0n) is 10.7. The molecule has 2 rings (SSSR count). The molecular formula is C13H13F3N4. The van der Waals surface area contributed by atoms with Crippen LogP contribution in [-0.2, 0) is 12.7 Å². The standard InChI is InChI=1S/C13H13F3N4/c1-17-11-7-18-8-12(20-11)19-6-9-3-2-4-10(5-9)13(14,15)16/h2-5,7-8H,6H2,1H3,(H2,17,19,20). The molecule has 0 radical (unpaired) electrons. The van der Waals surface area contributed by atoms with Crippen LogP contribution in [0.5, 0.6) is 0 Å². The Kier molecular flexibility index (Phi) is 4.07. The lowest BCUT2D eigenvalue weighted by Crippen LogP contribution is -2.07. The van der Waals surface area contributed by atoms with Crippen molar-refractivity contribution in [1.82, 2.24) is 9.97 Å². The fourth-order valence-electron chi connectivity index (χ4n) is 1.62. The van der Waals surface area contributed by atoms with Gasteiger partial charge in [-0.1, -0.05) is 12.1 Å². The minimum Gasteiger partial charge on any atom is -0.372 e. The van der Waals surface area contributed by atoms with Crippen molar-refractivity contribution >= 4 is 11.6 Å². The second-order valence-electron chi connectivity index (χ2n) is 4.09. The summed E-state index contributed by atoms with van der Waals surface area (Å²) >= 11 is 0. The molecule has 2 N–H and O–H groups in total. The van der Waals surface area contributed by atoms with Crippen molar-refractivity contribution < 1.29 is 13.2 Å². The van der Waals surface area contributed by atoms with Gasteiger partial charge in [-0.2, -0.15) is 13.2 Å². The van der Waals surface area contributed by atoms with Gasteiger partial charge < -0.3 is 10.6 Å². The predicted molar refractivity (Wildman–Crippen MR) is 70.3 cm³/mol. The molecule has 0 saturated heterocycles. The first-order valence-electron chi connectivity index (χ1n) is 5.89. The molecule has 0 atom stereocenters. The maximum absolute atomic E-state index is 12.6. The monoisotopic (exact) mass is 282 g/mol. The third-order valence-corrected chi connectivity index (χ3v) is 2.62. The van der Waals surface area contributed by atoms with Gasteiger partial charge >= 0.3 is 6.18 Å². The molecule has 0 unspecified atom stereocenters. The highest BCUT2D eigenvalue weighted by Gasteiger charge is 2.30. The molecule has 0 fully saturated rings. The number of nitrogens with one attached hydrogen (secondary N) is 2. The van der Waals surface area contributed by atoms with Gasteiger partial charge in [-0.15, -0.1) is 0 Å². The second kappa shape index (κ2) is 5.77. The zero-order chi connectivity index (χ0) is 14.6. The van der Waals surface area contributed by atoms with Crippen LogP contribution in [-0.4, -0.2) is 17.0 Å². The van der Waals surface area contributed by atoms with Gasteiger partial charge in [-0.25, -0.2) is 4.98 Å². The molecule has 4 nitrogen and oxygen atoms in total. The summed E-state index contributed by atoms with van der Waals surface area (Å²) in [4.78, 5) is 8.13. The van der Waals surface area contributed by atoms with Crippen molar-refractivity contribution in [3.63, 3.8) is 0 Å². The summed E-state index contributed by atoms with van der Waals surface area (Å²) in [7, 11) is 1.71. The molecule has 7 heteroatoms. The van der Waals surface area contributed by atoms with Crippen molar-refractivity contribution in [2.75, 3.05) is 17.7 Å². The smallest absolute Gasteiger partial charge is 0.372 e. The number of nitrogens with zero attached hydrogens (tertiary/aromatic N) is 2. The molecule has 0 saturated carbocycles. The van der Waals surface area contributed by atoms with Gasteiger partial charge in [-0.05, 0) is 17.7 Å². The Hall–Kier alpha value is -2.31. The number of rotatable bonds is 4. The van der Waals surface area contributed by atoms with Gasteiger partial charge in [0.05, 0.1) is 18.0 Å². The van der Waals surface area contributed by atoms with Crippen LogP contribution in [0.25, 0.3) is 0 Å². The van der Waals surface area contributed by atoms with Crippen molar-refractivity contribution in [3.8, 4) is 0 Å². The maximum atomic E-state index is 12.6. The van der Waals surface area contributed by atoms with Crippen molar-refractivity contribution in [2.45, 2.75) is 12.7 Å². The Morgan fingerprint density at radius 1 is 1.15 bits per heavy atom. The summed E-state index contributed by atoms with van der Waals surface area (Å²) in [6, 6.07) is 5.17. The summed E-state index contributed by atoms with van der Waals surface area (Å²) in [5, 5.41) is 5.77. The fraction of sp³-hybridized carbons (Fsp3) is 0.231. The molecule has 2 aromatic rings. The molecule has 20 heavy (non-hydrogen) atoms. The largest absolute Gasteiger partial charge is 0.416 e. The van der Waals surface area contributed by atoms with E-state index in [0.29, 0.717) is 17.2 Å². The lowest BCUT2D eigenvalue weighted by Gasteiger charge is -2.10. The van der Waals surface area contributed by atoms with Crippen LogP contribution in [0.2, 0.25) is 0 Å². The third-order valence-electron chi connectivity index (χ3n) is 2.62. The Morgan fingerprint density at radius 2 is 1.90 bits per heavy atom. The average Bonchev–Trinajstić information content (AvgIpc) is 2.45. The molecule has 0 aliphatic heterocycles. The summed E-state index contributed by atoms with van der Waals surface area (Å²) in [6.07, 6.45) is -1.27. The lowest BCUT2D eigenvalue weighted by molar-refractivity contribution is -0.137. The predicted octanol–water partition coefficient (Wildman–Crippen LogP) is 3.15. The molecule has 0 bridgehead atoms. The van der Waals surface area contributed by atoms with Crippen LogP contribution in [0, 0.1) is 0 Å². The molecule has 106 valence electrons. The number of aromatic nitrogens is 2. The minimum atomic E-state index is -4.33. The third kappa shape index (κ3) is 3.59. The van der Waals surface area contributed by atoms with Gasteiger partial charge in [0, 0.05) is 13.6 Å². The van der Waals surface area contributed by atoms with Gasteiger partial charge in [0.2, 0.25) is 0 Å². The number of benzene rings is 1. The highest BCUT2D eigenvalue weighted by Crippen LogP contribution is 2.29. The number of halogens is 3. The molecule has 0 amide bonds. The zero-order valence-corrected chi connectivity index (χ0v) is 10.7. The molecule has 1 aromatic heterocycles. The van der Waals surface area contributed by atoms with E-state index in [1.807, 2.05) is 0 Å². The highest BCUT2D eigenvalue weighted by molar-refractivity contribution is 5.41. The maximum Gasteiger partial charge on any atom is 0.416 e. The Bertz CT molecular complexity index is 584. The summed E-state index contributed by atoms with van der Waals surface area (Å²) in [6.45, 7) is 0.242. The van der Waals surface area contributed by atoms with Crippen LogP contribution < -0.4 is 10.6 Å². The van der Waals surface area contributed by atoms with Crippen LogP contribution >= 0.6 is 0 Å². The van der Waals surface area contributed by atoms with E-state index in [4.69, 9.17) is 0 Å². The van der Waals surface area contributed by atoms with Crippen molar-refractivity contribution in [1.29, 1.82) is 0 Å². The lowest BCUT2D eigenvalue weighted by atomic mass is 10.1. The van der Waals surface area contributed by atoms with Gasteiger partial charge in [-0.3, -0.25) is 4.98 Å². The van der Waals surface area contributed by atoms with Crippen LogP contribution in [0.3, 0.4) is 0 Å². The molecule has 1 aromatic carbocycles. The fourth-order valence-corrected chi connectivity index (χ4v) is 1.62. The first-order valence-corrected chi connectivity index (χ1v) is 5.89. The quantitative estimate of drug-likeness (QED) is 0.904. The Morgan fingerprint density at radius 3 is 2.60 bits per heavy atom. The number of alkyl halides is 3. The van der Waals surface area contributed by atoms with E-state index < -0.39 is 11.7 Å². The van der Waals surface area contributed by atoms with E-state index in [2.05, 4.69) is 20.6 Å². The van der Waals surface area contributed by atoms with E-state index in [0.717, 1.165) is 12.1 Å². The summed E-state index contributed by atoms with van der Waals surface area (Å²) < 4.78 is 37.7. The van der Waals surface area contributed by atoms with Crippen molar-refractivity contribution in [2.24, 2.45) is 0 Å². The van der Waals surface area contributed by atoms with E-state index in [1.54, 1.807) is 19.3 Å². The topological polar surface area (TPSA) is 49.8 Å². The Balaban J connectivity index is 2.07. The molecule has 0 aliphatic carbocycles. The number of hydrogen-bond acceptors (Lipinski definition) is 4. The first kappa shape index (κ1) is 14.1. The molecule has 0 spiro atoms. The SMILES string of the molecule is CNc1cncc(NCc2cccc(C(F)(F)F)c2)n1. The van der Waals surface area contributed by atoms with Gasteiger partial charge in [0.1, 0.15) is 11.6 Å². The normalized spacial score (nSPS) is 11.2. The molecular weight excluding hydrogens is 269 g/mol. The summed E-state index contributed by atoms with van der Waals surface area (Å²) in [5.41, 5.74) is -0.136. The minimum absolute atomic E-state index is 0.242. The van der Waals surface area contributed by atoms with E-state index in [1.165, 1.54) is 12.3 Å². The molecule has 0 aliphatic rings. The van der Waals surface area contributed by atoms with Gasteiger partial charge in [0.15, 0.2) is 0 Å². The number of hydrogen-bond donors (Lipinski definition) is 2. The highest BCUT2D eigenvalue weighted by atomic mass is 19.4. The van der Waals surface area contributed by atoms with Crippen molar-refractivity contribution in [3.05, 3.63) is 47.8 Å². The average molecular weight is 282 g/mol. The second-order valence-corrected chi connectivity index (χ2v) is 4.09. The van der Waals surface area contributed by atoms with E-state index >= 15 is 0 Å². The Labute approximate surface area is 114 Å². The van der Waals surface area contributed by atoms with Crippen LogP contribution in [0.4, 0.5) is 24.8 Å². The van der Waals surface area contributed by atoms with Crippen LogP contribution in [0.1, 0.15) is 11.1 Å². The molecule has 1 heterocycles. The van der Waals surface area contributed by atoms with E-state index in [-0.39, 0.29) is 6.54 Å². The number of anilines is 2. The first-order chi connectivity index (χ1) is 9.49. The van der Waals surface area contributed by atoms with E-state index in [9.17, 15) is 13.2 Å². The summed E-state index contributed by atoms with van der Waals surface area (Å²) in [5.74, 6) is 1.08.